The predicted octanol–water partition coefficient (Wildman–Crippen LogP) is 3.46. The van der Waals surface area contributed by atoms with Crippen molar-refractivity contribution in [2.45, 2.75) is 6.54 Å². The molecule has 1 N–H and O–H groups in total. The molecule has 0 amide bonds. The van der Waals surface area contributed by atoms with Crippen LogP contribution in [0.2, 0.25) is 0 Å². The molecule has 0 aliphatic rings. The number of hydrogen-bond acceptors (Lipinski definition) is 3. The Balaban J connectivity index is 2.03. The van der Waals surface area contributed by atoms with Crippen LogP contribution in [0.25, 0.3) is 0 Å². The highest BCUT2D eigenvalue weighted by Gasteiger charge is 2.03. The summed E-state index contributed by atoms with van der Waals surface area (Å²) in [6.07, 6.45) is 0. The van der Waals surface area contributed by atoms with Gasteiger partial charge in [0.05, 0.1) is 14.2 Å². The summed E-state index contributed by atoms with van der Waals surface area (Å²) >= 11 is 0. The predicted molar refractivity (Wildman–Crippen MR) is 73.3 cm³/mol. The summed E-state index contributed by atoms with van der Waals surface area (Å²) < 4.78 is 23.5. The highest BCUT2D eigenvalue weighted by Crippen LogP contribution is 2.21. The topological polar surface area (TPSA) is 30.5 Å². The van der Waals surface area contributed by atoms with Crippen LogP contribution in [0.1, 0.15) is 5.56 Å². The molecule has 0 aromatic heterocycles. The maximum absolute atomic E-state index is 13.5. The Morgan fingerprint density at radius 3 is 2.58 bits per heavy atom. The molecule has 2 rings (SSSR count). The fourth-order valence-electron chi connectivity index (χ4n) is 1.76. The standard InChI is InChI=1S/C15H16FNO2/c1-18-13-5-3-4-11(8-13)10-17-12-6-7-15(19-2)14(16)9-12/h3-9,17H,10H2,1-2H3. The van der Waals surface area contributed by atoms with Crippen LogP contribution in [0.4, 0.5) is 10.1 Å². The molecule has 4 heteroatoms. The second kappa shape index (κ2) is 6.09. The minimum absolute atomic E-state index is 0.243. The molecule has 2 aromatic rings. The molecule has 0 spiro atoms. The number of methoxy groups -OCH3 is 2. The average Bonchev–Trinajstić information content (AvgIpc) is 2.45. The van der Waals surface area contributed by atoms with Crippen molar-refractivity contribution < 1.29 is 13.9 Å². The van der Waals surface area contributed by atoms with Gasteiger partial charge < -0.3 is 14.8 Å². The van der Waals surface area contributed by atoms with Crippen molar-refractivity contribution in [3.63, 3.8) is 0 Å². The van der Waals surface area contributed by atoms with Gasteiger partial charge in [0.2, 0.25) is 0 Å². The van der Waals surface area contributed by atoms with Crippen LogP contribution >= 0.6 is 0 Å². The van der Waals surface area contributed by atoms with Crippen molar-refractivity contribution in [3.8, 4) is 11.5 Å². The molecular weight excluding hydrogens is 245 g/mol. The van der Waals surface area contributed by atoms with E-state index >= 15 is 0 Å². The third-order valence-corrected chi connectivity index (χ3v) is 2.78. The lowest BCUT2D eigenvalue weighted by Crippen LogP contribution is -2.00. The molecule has 0 aliphatic heterocycles. The lowest BCUT2D eigenvalue weighted by molar-refractivity contribution is 0.386. The second-order valence-electron chi connectivity index (χ2n) is 4.05. The number of benzene rings is 2. The van der Waals surface area contributed by atoms with E-state index in [9.17, 15) is 4.39 Å². The molecule has 3 nitrogen and oxygen atoms in total. The van der Waals surface area contributed by atoms with E-state index in [1.807, 2.05) is 24.3 Å². The molecule has 0 unspecified atom stereocenters. The number of ether oxygens (including phenoxy) is 2. The van der Waals surface area contributed by atoms with Crippen molar-refractivity contribution in [2.24, 2.45) is 0 Å². The van der Waals surface area contributed by atoms with Crippen molar-refractivity contribution in [2.75, 3.05) is 19.5 Å². The molecule has 2 aromatic carbocycles. The summed E-state index contributed by atoms with van der Waals surface area (Å²) in [6.45, 7) is 0.600. The van der Waals surface area contributed by atoms with Crippen LogP contribution in [0, 0.1) is 5.82 Å². The van der Waals surface area contributed by atoms with Crippen LogP contribution in [-0.4, -0.2) is 14.2 Å². The lowest BCUT2D eigenvalue weighted by atomic mass is 10.2. The summed E-state index contributed by atoms with van der Waals surface area (Å²) in [5, 5.41) is 3.15. The molecule has 0 radical (unpaired) electrons. The fraction of sp³-hybridized carbons (Fsp3) is 0.200. The lowest BCUT2D eigenvalue weighted by Gasteiger charge is -2.09. The van der Waals surface area contributed by atoms with E-state index in [-0.39, 0.29) is 11.6 Å². The van der Waals surface area contributed by atoms with E-state index in [1.54, 1.807) is 19.2 Å². The maximum Gasteiger partial charge on any atom is 0.167 e. The van der Waals surface area contributed by atoms with Gasteiger partial charge in [-0.05, 0) is 29.8 Å². The summed E-state index contributed by atoms with van der Waals surface area (Å²) in [4.78, 5) is 0. The van der Waals surface area contributed by atoms with E-state index in [0.717, 1.165) is 11.3 Å². The van der Waals surface area contributed by atoms with Crippen molar-refractivity contribution >= 4 is 5.69 Å². The van der Waals surface area contributed by atoms with E-state index in [2.05, 4.69) is 5.32 Å². The van der Waals surface area contributed by atoms with Gasteiger partial charge >= 0.3 is 0 Å². The molecule has 0 bridgehead atoms. The zero-order valence-electron chi connectivity index (χ0n) is 10.9. The third kappa shape index (κ3) is 3.37. The van der Waals surface area contributed by atoms with Gasteiger partial charge in [-0.1, -0.05) is 12.1 Å². The maximum atomic E-state index is 13.5. The van der Waals surface area contributed by atoms with Gasteiger partial charge in [-0.25, -0.2) is 4.39 Å². The van der Waals surface area contributed by atoms with Crippen molar-refractivity contribution in [3.05, 3.63) is 53.8 Å². The Morgan fingerprint density at radius 2 is 1.89 bits per heavy atom. The Bertz CT molecular complexity index is 558. The largest absolute Gasteiger partial charge is 0.497 e. The molecule has 0 atom stereocenters. The Morgan fingerprint density at radius 1 is 1.05 bits per heavy atom. The summed E-state index contributed by atoms with van der Waals surface area (Å²) in [7, 11) is 3.08. The van der Waals surface area contributed by atoms with Gasteiger partial charge in [-0.2, -0.15) is 0 Å². The quantitative estimate of drug-likeness (QED) is 0.894. The fourth-order valence-corrected chi connectivity index (χ4v) is 1.76. The summed E-state index contributed by atoms with van der Waals surface area (Å²) in [6, 6.07) is 12.5. The monoisotopic (exact) mass is 261 g/mol. The first kappa shape index (κ1) is 13.2. The summed E-state index contributed by atoms with van der Waals surface area (Å²) in [5.74, 6) is 0.672. The molecule has 19 heavy (non-hydrogen) atoms. The van der Waals surface area contributed by atoms with Crippen LogP contribution in [0.5, 0.6) is 11.5 Å². The zero-order valence-corrected chi connectivity index (χ0v) is 10.9. The first-order valence-corrected chi connectivity index (χ1v) is 5.93. The van der Waals surface area contributed by atoms with E-state index < -0.39 is 0 Å². The highest BCUT2D eigenvalue weighted by atomic mass is 19.1. The minimum Gasteiger partial charge on any atom is -0.497 e. The highest BCUT2D eigenvalue weighted by molar-refractivity contribution is 5.48. The normalized spacial score (nSPS) is 10.1. The third-order valence-electron chi connectivity index (χ3n) is 2.78. The average molecular weight is 261 g/mol. The first-order chi connectivity index (χ1) is 9.22. The van der Waals surface area contributed by atoms with Crippen LogP contribution in [0.3, 0.4) is 0 Å². The zero-order chi connectivity index (χ0) is 13.7. The van der Waals surface area contributed by atoms with Gasteiger partial charge in [0.1, 0.15) is 5.75 Å². The smallest absolute Gasteiger partial charge is 0.167 e. The number of anilines is 1. The SMILES string of the molecule is COc1cccc(CNc2ccc(OC)c(F)c2)c1. The van der Waals surface area contributed by atoms with E-state index in [4.69, 9.17) is 9.47 Å². The molecule has 100 valence electrons. The Kier molecular flexibility index (Phi) is 4.23. The van der Waals surface area contributed by atoms with Gasteiger partial charge in [0.25, 0.3) is 0 Å². The number of nitrogens with one attached hydrogen (secondary N) is 1. The van der Waals surface area contributed by atoms with Gasteiger partial charge in [0, 0.05) is 18.3 Å². The molecular formula is C15H16FNO2. The minimum atomic E-state index is -0.377. The van der Waals surface area contributed by atoms with Gasteiger partial charge in [0.15, 0.2) is 11.6 Å². The number of hydrogen-bond donors (Lipinski definition) is 1. The first-order valence-electron chi connectivity index (χ1n) is 5.93. The summed E-state index contributed by atoms with van der Waals surface area (Å²) in [5.41, 5.74) is 1.77. The van der Waals surface area contributed by atoms with Crippen molar-refractivity contribution in [1.29, 1.82) is 0 Å². The van der Waals surface area contributed by atoms with Crippen LogP contribution in [-0.2, 0) is 6.54 Å². The molecule has 0 saturated carbocycles. The van der Waals surface area contributed by atoms with Crippen molar-refractivity contribution in [1.82, 2.24) is 0 Å². The van der Waals surface area contributed by atoms with Gasteiger partial charge in [-0.15, -0.1) is 0 Å². The molecule has 0 aliphatic carbocycles. The van der Waals surface area contributed by atoms with Crippen LogP contribution in [0.15, 0.2) is 42.5 Å². The Labute approximate surface area is 112 Å². The second-order valence-corrected chi connectivity index (χ2v) is 4.05. The molecule has 0 fully saturated rings. The van der Waals surface area contributed by atoms with E-state index in [1.165, 1.54) is 13.2 Å². The Hall–Kier alpha value is -2.23. The van der Waals surface area contributed by atoms with Crippen LogP contribution < -0.4 is 14.8 Å². The molecule has 0 saturated heterocycles. The number of halogens is 1. The number of rotatable bonds is 5. The van der Waals surface area contributed by atoms with Gasteiger partial charge in [-0.3, -0.25) is 0 Å². The molecule has 0 heterocycles. The van der Waals surface area contributed by atoms with E-state index in [0.29, 0.717) is 12.2 Å².